The highest BCUT2D eigenvalue weighted by Gasteiger charge is 2.23. The maximum absolute atomic E-state index is 12.8. The number of hydrogen-bond acceptors (Lipinski definition) is 1. The molecule has 3 aromatic rings. The van der Waals surface area contributed by atoms with Gasteiger partial charge in [0.15, 0.2) is 0 Å². The average Bonchev–Trinajstić information content (AvgIpc) is 2.79. The summed E-state index contributed by atoms with van der Waals surface area (Å²) in [5.74, 6) is -0.108. The molecule has 1 amide bonds. The molecule has 0 aliphatic heterocycles. The van der Waals surface area contributed by atoms with E-state index < -0.39 is 0 Å². The Bertz CT molecular complexity index is 808. The van der Waals surface area contributed by atoms with Crippen LogP contribution in [-0.4, -0.2) is 17.5 Å². The molecular formula is C17H15ClN2O. The fraction of sp³-hybridized carbons (Fsp3) is 0.118. The summed E-state index contributed by atoms with van der Waals surface area (Å²) in [6, 6.07) is 17.3. The van der Waals surface area contributed by atoms with Crippen LogP contribution in [0.15, 0.2) is 54.6 Å². The van der Waals surface area contributed by atoms with Gasteiger partial charge in [-0.3, -0.25) is 4.79 Å². The van der Waals surface area contributed by atoms with Crippen molar-refractivity contribution >= 4 is 34.1 Å². The molecule has 0 fully saturated rings. The largest absolute Gasteiger partial charge is 0.334 e. The van der Waals surface area contributed by atoms with Crippen LogP contribution in [0.4, 0.5) is 5.69 Å². The number of fused-ring (bicyclic) bond motifs is 1. The second kappa shape index (κ2) is 5.26. The van der Waals surface area contributed by atoms with Crippen molar-refractivity contribution in [2.45, 2.75) is 0 Å². The van der Waals surface area contributed by atoms with E-state index in [4.69, 9.17) is 11.6 Å². The minimum Gasteiger partial charge on any atom is -0.334 e. The third kappa shape index (κ3) is 2.20. The molecule has 0 spiro atoms. The number of para-hydroxylation sites is 2. The molecule has 1 heterocycles. The SMILES string of the molecule is CN(C(=O)c1c(Cl)n(C)c2ccccc12)c1ccccc1. The van der Waals surface area contributed by atoms with Gasteiger partial charge in [-0.1, -0.05) is 48.0 Å². The Balaban J connectivity index is 2.13. The molecule has 3 rings (SSSR count). The van der Waals surface area contributed by atoms with Crippen LogP contribution >= 0.6 is 11.6 Å². The first kappa shape index (κ1) is 13.7. The van der Waals surface area contributed by atoms with Gasteiger partial charge in [-0.25, -0.2) is 0 Å². The third-order valence-corrected chi connectivity index (χ3v) is 4.14. The number of nitrogens with zero attached hydrogens (tertiary/aromatic N) is 2. The Morgan fingerprint density at radius 1 is 1.05 bits per heavy atom. The van der Waals surface area contributed by atoms with E-state index in [-0.39, 0.29) is 5.91 Å². The summed E-state index contributed by atoms with van der Waals surface area (Å²) in [5.41, 5.74) is 2.33. The first-order valence-electron chi connectivity index (χ1n) is 6.67. The van der Waals surface area contributed by atoms with Crippen molar-refractivity contribution in [3.8, 4) is 0 Å². The topological polar surface area (TPSA) is 25.2 Å². The van der Waals surface area contributed by atoms with Crippen LogP contribution in [0.2, 0.25) is 5.15 Å². The van der Waals surface area contributed by atoms with Crippen molar-refractivity contribution < 1.29 is 4.79 Å². The Morgan fingerprint density at radius 2 is 1.67 bits per heavy atom. The zero-order valence-electron chi connectivity index (χ0n) is 11.9. The number of halogens is 1. The van der Waals surface area contributed by atoms with Gasteiger partial charge < -0.3 is 9.47 Å². The number of amides is 1. The predicted octanol–water partition coefficient (Wildman–Crippen LogP) is 4.11. The van der Waals surface area contributed by atoms with Crippen molar-refractivity contribution in [3.05, 3.63) is 65.3 Å². The Morgan fingerprint density at radius 3 is 2.38 bits per heavy atom. The summed E-state index contributed by atoms with van der Waals surface area (Å²) in [6.45, 7) is 0. The number of aryl methyl sites for hydroxylation is 1. The summed E-state index contributed by atoms with van der Waals surface area (Å²) in [6.07, 6.45) is 0. The van der Waals surface area contributed by atoms with Gasteiger partial charge in [0.05, 0.1) is 5.56 Å². The summed E-state index contributed by atoms with van der Waals surface area (Å²) in [7, 11) is 3.62. The van der Waals surface area contributed by atoms with Crippen LogP contribution in [0.5, 0.6) is 0 Å². The molecule has 1 aromatic heterocycles. The van der Waals surface area contributed by atoms with E-state index in [1.807, 2.05) is 66.2 Å². The zero-order chi connectivity index (χ0) is 15.0. The Labute approximate surface area is 128 Å². The number of benzene rings is 2. The molecule has 21 heavy (non-hydrogen) atoms. The predicted molar refractivity (Wildman–Crippen MR) is 87.1 cm³/mol. The molecule has 106 valence electrons. The molecule has 0 saturated carbocycles. The molecule has 4 heteroatoms. The maximum Gasteiger partial charge on any atom is 0.261 e. The summed E-state index contributed by atoms with van der Waals surface area (Å²) < 4.78 is 1.84. The van der Waals surface area contributed by atoms with Crippen LogP contribution in [0.25, 0.3) is 10.9 Å². The van der Waals surface area contributed by atoms with Gasteiger partial charge >= 0.3 is 0 Å². The van der Waals surface area contributed by atoms with E-state index in [0.29, 0.717) is 10.7 Å². The third-order valence-electron chi connectivity index (χ3n) is 3.70. The molecule has 0 radical (unpaired) electrons. The van der Waals surface area contributed by atoms with Crippen molar-refractivity contribution in [1.29, 1.82) is 0 Å². The van der Waals surface area contributed by atoms with Crippen molar-refractivity contribution in [3.63, 3.8) is 0 Å². The molecular weight excluding hydrogens is 284 g/mol. The van der Waals surface area contributed by atoms with E-state index >= 15 is 0 Å². The van der Waals surface area contributed by atoms with Crippen LogP contribution in [0.3, 0.4) is 0 Å². The fourth-order valence-electron chi connectivity index (χ4n) is 2.50. The average molecular weight is 299 g/mol. The lowest BCUT2D eigenvalue weighted by Gasteiger charge is -2.17. The molecule has 0 bridgehead atoms. The fourth-order valence-corrected chi connectivity index (χ4v) is 2.78. The van der Waals surface area contributed by atoms with Crippen LogP contribution < -0.4 is 4.90 Å². The molecule has 2 aromatic carbocycles. The molecule has 0 atom stereocenters. The minimum atomic E-state index is -0.108. The Hall–Kier alpha value is -2.26. The molecule has 0 saturated heterocycles. The second-order valence-corrected chi connectivity index (χ2v) is 5.30. The van der Waals surface area contributed by atoms with E-state index in [1.54, 1.807) is 11.9 Å². The smallest absolute Gasteiger partial charge is 0.261 e. The molecule has 0 aliphatic carbocycles. The number of carbonyl (C=O) groups excluding carboxylic acids is 1. The highest BCUT2D eigenvalue weighted by atomic mass is 35.5. The molecule has 3 nitrogen and oxygen atoms in total. The lowest BCUT2D eigenvalue weighted by atomic mass is 10.1. The number of hydrogen-bond donors (Lipinski definition) is 0. The number of aromatic nitrogens is 1. The van der Waals surface area contributed by atoms with E-state index in [1.165, 1.54) is 0 Å². The molecule has 0 N–H and O–H groups in total. The zero-order valence-corrected chi connectivity index (χ0v) is 12.6. The lowest BCUT2D eigenvalue weighted by Crippen LogP contribution is -2.26. The monoisotopic (exact) mass is 298 g/mol. The molecule has 0 unspecified atom stereocenters. The van der Waals surface area contributed by atoms with Gasteiger partial charge in [0.1, 0.15) is 5.15 Å². The molecule has 0 aliphatic rings. The first-order chi connectivity index (χ1) is 10.1. The van der Waals surface area contributed by atoms with Crippen molar-refractivity contribution in [1.82, 2.24) is 4.57 Å². The minimum absolute atomic E-state index is 0.108. The van der Waals surface area contributed by atoms with E-state index in [2.05, 4.69) is 0 Å². The number of rotatable bonds is 2. The quantitative estimate of drug-likeness (QED) is 0.699. The number of carbonyl (C=O) groups is 1. The lowest BCUT2D eigenvalue weighted by molar-refractivity contribution is 0.0994. The van der Waals surface area contributed by atoms with Gasteiger partial charge in [0, 0.05) is 30.7 Å². The van der Waals surface area contributed by atoms with Gasteiger partial charge in [0.2, 0.25) is 0 Å². The first-order valence-corrected chi connectivity index (χ1v) is 7.05. The second-order valence-electron chi connectivity index (χ2n) is 4.94. The van der Waals surface area contributed by atoms with Gasteiger partial charge in [-0.15, -0.1) is 0 Å². The highest BCUT2D eigenvalue weighted by molar-refractivity contribution is 6.36. The van der Waals surface area contributed by atoms with Gasteiger partial charge in [-0.05, 0) is 18.2 Å². The van der Waals surface area contributed by atoms with Crippen LogP contribution in [0.1, 0.15) is 10.4 Å². The summed E-state index contributed by atoms with van der Waals surface area (Å²) >= 11 is 6.38. The van der Waals surface area contributed by atoms with Crippen molar-refractivity contribution in [2.75, 3.05) is 11.9 Å². The van der Waals surface area contributed by atoms with Crippen LogP contribution in [0, 0.1) is 0 Å². The maximum atomic E-state index is 12.8. The standard InChI is InChI=1S/C17H15ClN2O/c1-19(12-8-4-3-5-9-12)17(21)15-13-10-6-7-11-14(13)20(2)16(15)18/h3-11H,1-2H3. The van der Waals surface area contributed by atoms with E-state index in [0.717, 1.165) is 16.6 Å². The Kier molecular flexibility index (Phi) is 3.43. The normalized spacial score (nSPS) is 10.8. The highest BCUT2D eigenvalue weighted by Crippen LogP contribution is 2.30. The van der Waals surface area contributed by atoms with Gasteiger partial charge in [0.25, 0.3) is 5.91 Å². The van der Waals surface area contributed by atoms with Gasteiger partial charge in [-0.2, -0.15) is 0 Å². The number of anilines is 1. The van der Waals surface area contributed by atoms with Crippen LogP contribution in [-0.2, 0) is 7.05 Å². The van der Waals surface area contributed by atoms with Crippen molar-refractivity contribution in [2.24, 2.45) is 7.05 Å². The summed E-state index contributed by atoms with van der Waals surface area (Å²) in [5, 5.41) is 1.33. The van der Waals surface area contributed by atoms with E-state index in [9.17, 15) is 4.79 Å². The summed E-state index contributed by atoms with van der Waals surface area (Å²) in [4.78, 5) is 14.4.